The van der Waals surface area contributed by atoms with E-state index in [2.05, 4.69) is 22.6 Å². The lowest BCUT2D eigenvalue weighted by Gasteiger charge is -2.04. The Morgan fingerprint density at radius 3 is 1.30 bits per heavy atom. The molecule has 0 heterocycles. The summed E-state index contributed by atoms with van der Waals surface area (Å²) in [6, 6.07) is 0. The van der Waals surface area contributed by atoms with E-state index in [0.717, 1.165) is 0 Å². The highest BCUT2D eigenvalue weighted by molar-refractivity contribution is 5.98. The van der Waals surface area contributed by atoms with Gasteiger partial charge in [-0.15, -0.1) is 0 Å². The third-order valence-corrected chi connectivity index (χ3v) is 2.38. The van der Waals surface area contributed by atoms with Crippen molar-refractivity contribution in [3.05, 3.63) is 24.3 Å². The molecule has 0 atom stereocenters. The molecule has 6 nitrogen and oxygen atoms in total. The molecule has 0 aliphatic rings. The molecule has 0 spiro atoms. The summed E-state index contributed by atoms with van der Waals surface area (Å²) in [5.41, 5.74) is 0.325. The first kappa shape index (κ1) is 17.8. The molecule has 0 aromatic rings. The molecule has 0 aromatic carbocycles. The second-order valence-electron chi connectivity index (χ2n) is 3.94. The first-order valence-corrected chi connectivity index (χ1v) is 6.17. The number of ether oxygens (including phenoxy) is 2. The van der Waals surface area contributed by atoms with E-state index in [-0.39, 0.29) is 24.0 Å². The van der Waals surface area contributed by atoms with Crippen molar-refractivity contribution in [2.45, 2.75) is 39.5 Å². The predicted octanol–water partition coefficient (Wildman–Crippen LogP) is 1.84. The fourth-order valence-electron chi connectivity index (χ4n) is 0.946. The Bertz CT molecular complexity index is 405. The Balaban J connectivity index is 4.10. The molecule has 0 rings (SSSR count). The zero-order chi connectivity index (χ0) is 15.7. The molecule has 0 amide bonds. The van der Waals surface area contributed by atoms with Crippen molar-refractivity contribution >= 4 is 23.9 Å². The molecule has 20 heavy (non-hydrogen) atoms. The highest BCUT2D eigenvalue weighted by Gasteiger charge is 2.17. The van der Waals surface area contributed by atoms with E-state index in [1.54, 1.807) is 13.8 Å². The van der Waals surface area contributed by atoms with Gasteiger partial charge >= 0.3 is 23.9 Å². The summed E-state index contributed by atoms with van der Waals surface area (Å²) in [5.74, 6) is -3.38. The SMILES string of the molecule is C=C(CC)C(=O)OC(=O)CCC(=O)OC(=O)C(=C)CC. The van der Waals surface area contributed by atoms with E-state index in [9.17, 15) is 19.2 Å². The number of rotatable bonds is 7. The monoisotopic (exact) mass is 282 g/mol. The third kappa shape index (κ3) is 6.63. The number of hydrogen-bond donors (Lipinski definition) is 0. The third-order valence-electron chi connectivity index (χ3n) is 2.38. The van der Waals surface area contributed by atoms with E-state index in [1.165, 1.54) is 0 Å². The Morgan fingerprint density at radius 2 is 1.05 bits per heavy atom. The average molecular weight is 282 g/mol. The van der Waals surface area contributed by atoms with Crippen molar-refractivity contribution in [2.24, 2.45) is 0 Å². The molecule has 0 radical (unpaired) electrons. The van der Waals surface area contributed by atoms with Crippen LogP contribution in [0.25, 0.3) is 0 Å². The number of carbonyl (C=O) groups is 4. The summed E-state index contributed by atoms with van der Waals surface area (Å²) in [6.45, 7) is 10.2. The molecule has 0 bridgehead atoms. The van der Waals surface area contributed by atoms with Gasteiger partial charge in [-0.25, -0.2) is 9.59 Å². The first-order chi connectivity index (χ1) is 9.31. The van der Waals surface area contributed by atoms with Crippen molar-refractivity contribution in [1.29, 1.82) is 0 Å². The molecule has 0 aliphatic heterocycles. The molecule has 0 aromatic heterocycles. The molecule has 0 saturated heterocycles. The van der Waals surface area contributed by atoms with Crippen LogP contribution in [-0.2, 0) is 28.7 Å². The summed E-state index contributed by atoms with van der Waals surface area (Å²) in [7, 11) is 0. The first-order valence-electron chi connectivity index (χ1n) is 6.17. The van der Waals surface area contributed by atoms with Gasteiger partial charge in [-0.2, -0.15) is 0 Å². The second kappa shape index (κ2) is 8.79. The van der Waals surface area contributed by atoms with Crippen LogP contribution in [0.4, 0.5) is 0 Å². The zero-order valence-corrected chi connectivity index (χ0v) is 11.7. The van der Waals surface area contributed by atoms with E-state index >= 15 is 0 Å². The van der Waals surface area contributed by atoms with Gasteiger partial charge in [-0.1, -0.05) is 27.0 Å². The van der Waals surface area contributed by atoms with Crippen molar-refractivity contribution in [3.63, 3.8) is 0 Å². The van der Waals surface area contributed by atoms with Gasteiger partial charge in [-0.05, 0) is 12.8 Å². The quantitative estimate of drug-likeness (QED) is 0.402. The van der Waals surface area contributed by atoms with Gasteiger partial charge in [0.05, 0.1) is 12.8 Å². The Morgan fingerprint density at radius 1 is 0.750 bits per heavy atom. The van der Waals surface area contributed by atoms with Crippen LogP contribution < -0.4 is 0 Å². The van der Waals surface area contributed by atoms with Gasteiger partial charge in [-0.3, -0.25) is 9.59 Å². The van der Waals surface area contributed by atoms with Crippen LogP contribution in [0, 0.1) is 0 Å². The molecule has 110 valence electrons. The van der Waals surface area contributed by atoms with E-state index < -0.39 is 23.9 Å². The van der Waals surface area contributed by atoms with Gasteiger partial charge in [0, 0.05) is 11.1 Å². The minimum absolute atomic E-state index is 0.162. The number of hydrogen-bond acceptors (Lipinski definition) is 6. The van der Waals surface area contributed by atoms with Crippen LogP contribution in [0.15, 0.2) is 24.3 Å². The molecule has 0 saturated carbocycles. The van der Waals surface area contributed by atoms with Crippen LogP contribution in [0.2, 0.25) is 0 Å². The second-order valence-corrected chi connectivity index (χ2v) is 3.94. The van der Waals surface area contributed by atoms with Gasteiger partial charge in [0.2, 0.25) is 0 Å². The highest BCUT2D eigenvalue weighted by Crippen LogP contribution is 2.05. The highest BCUT2D eigenvalue weighted by atomic mass is 16.6. The van der Waals surface area contributed by atoms with E-state index in [1.807, 2.05) is 0 Å². The summed E-state index contributed by atoms with van der Waals surface area (Å²) in [5, 5.41) is 0. The Hall–Kier alpha value is -2.24. The maximum Gasteiger partial charge on any atom is 0.341 e. The minimum Gasteiger partial charge on any atom is -0.390 e. The zero-order valence-electron chi connectivity index (χ0n) is 11.7. The maximum absolute atomic E-state index is 11.3. The lowest BCUT2D eigenvalue weighted by molar-refractivity contribution is -0.162. The molecular formula is C14H18O6. The van der Waals surface area contributed by atoms with Crippen molar-refractivity contribution in [1.82, 2.24) is 0 Å². The molecule has 0 aliphatic carbocycles. The van der Waals surface area contributed by atoms with Gasteiger partial charge in [0.25, 0.3) is 0 Å². The summed E-state index contributed by atoms with van der Waals surface area (Å²) < 4.78 is 8.88. The maximum atomic E-state index is 11.3. The lowest BCUT2D eigenvalue weighted by Crippen LogP contribution is -2.17. The number of carbonyl (C=O) groups excluding carboxylic acids is 4. The van der Waals surface area contributed by atoms with Crippen LogP contribution in [0.5, 0.6) is 0 Å². The summed E-state index contributed by atoms with van der Waals surface area (Å²) >= 11 is 0. The molecule has 0 fully saturated rings. The van der Waals surface area contributed by atoms with Crippen molar-refractivity contribution < 1.29 is 28.7 Å². The fourth-order valence-corrected chi connectivity index (χ4v) is 0.946. The Kier molecular flexibility index (Phi) is 7.81. The van der Waals surface area contributed by atoms with Crippen LogP contribution >= 0.6 is 0 Å². The van der Waals surface area contributed by atoms with Crippen molar-refractivity contribution in [2.75, 3.05) is 0 Å². The largest absolute Gasteiger partial charge is 0.390 e. The van der Waals surface area contributed by atoms with Gasteiger partial charge < -0.3 is 9.47 Å². The van der Waals surface area contributed by atoms with Gasteiger partial charge in [0.15, 0.2) is 0 Å². The molecule has 6 heteroatoms. The topological polar surface area (TPSA) is 86.7 Å². The van der Waals surface area contributed by atoms with Crippen LogP contribution in [0.3, 0.4) is 0 Å². The molecule has 0 unspecified atom stereocenters. The minimum atomic E-state index is -0.872. The fraction of sp³-hybridized carbons (Fsp3) is 0.429. The standard InChI is InChI=1S/C14H18O6/c1-5-9(3)13(17)19-11(15)7-8-12(16)20-14(18)10(4)6-2/h3-8H2,1-2H3. The van der Waals surface area contributed by atoms with Crippen molar-refractivity contribution in [3.8, 4) is 0 Å². The smallest absolute Gasteiger partial charge is 0.341 e. The van der Waals surface area contributed by atoms with Crippen LogP contribution in [-0.4, -0.2) is 23.9 Å². The lowest BCUT2D eigenvalue weighted by atomic mass is 10.2. The van der Waals surface area contributed by atoms with Gasteiger partial charge in [0.1, 0.15) is 0 Å². The summed E-state index contributed by atoms with van der Waals surface area (Å²) in [4.78, 5) is 44.9. The molecular weight excluding hydrogens is 264 g/mol. The summed E-state index contributed by atoms with van der Waals surface area (Å²) in [6.07, 6.45) is 0.0183. The van der Waals surface area contributed by atoms with E-state index in [0.29, 0.717) is 12.8 Å². The number of esters is 4. The van der Waals surface area contributed by atoms with E-state index in [4.69, 9.17) is 0 Å². The predicted molar refractivity (Wildman–Crippen MR) is 70.3 cm³/mol. The normalized spacial score (nSPS) is 9.50. The Labute approximate surface area is 117 Å². The molecule has 0 N–H and O–H groups in total. The average Bonchev–Trinajstić information content (AvgIpc) is 2.42. The van der Waals surface area contributed by atoms with Crippen LogP contribution in [0.1, 0.15) is 39.5 Å².